The molecule has 0 spiro atoms. The van der Waals surface area contributed by atoms with Crippen molar-refractivity contribution in [3.05, 3.63) is 11.6 Å². The van der Waals surface area contributed by atoms with Gasteiger partial charge in [0.1, 0.15) is 31.0 Å². The molecule has 0 amide bonds. The van der Waals surface area contributed by atoms with E-state index in [1.807, 2.05) is 0 Å². The first-order valence-corrected chi connectivity index (χ1v) is 15.5. The molecule has 4 N–H and O–H groups in total. The predicted molar refractivity (Wildman–Crippen MR) is 145 cm³/mol. The van der Waals surface area contributed by atoms with Crippen LogP contribution in [0.25, 0.3) is 0 Å². The first-order valence-electron chi connectivity index (χ1n) is 15.5. The van der Waals surface area contributed by atoms with Crippen LogP contribution in [0.3, 0.4) is 0 Å². The SMILES string of the molecule is CO[C@H]1[C@H](O[C@H]2CC[C@@]3(CO)[C@H](CC[C@@H]4[C@@H]3CC[C@]3(C)[C@H](C5=CC(=O)OC5)CC[C@]43O)C2)O[C@H](CO)[C@@H](O)[C@@H]1OC. The maximum atomic E-state index is 12.5. The standard InChI is InChI=1S/C31H48O10/c1-29-9-7-21-22(31(29,36)11-8-20(29)17-12-24(34)39-15-17)5-4-18-13-19(6-10-30(18,21)16-33)40-28-27(38-3)26(37-2)25(35)23(14-32)41-28/h12,18-23,25-28,32-33,35-36H,4-11,13-16H2,1-3H3/t18-,19+,20+,21+,22-,23-,25-,26+,27-,28-,29-,30-,31+/m1/s1. The number of esters is 1. The number of rotatable bonds is 7. The van der Waals surface area contributed by atoms with Gasteiger partial charge in [0.15, 0.2) is 6.29 Å². The van der Waals surface area contributed by atoms with Crippen LogP contribution in [-0.2, 0) is 28.5 Å². The van der Waals surface area contributed by atoms with E-state index in [9.17, 15) is 25.2 Å². The summed E-state index contributed by atoms with van der Waals surface area (Å²) in [5.74, 6) is 0.461. The molecular weight excluding hydrogens is 532 g/mol. The molecule has 0 radical (unpaired) electrons. The number of hydrogen-bond acceptors (Lipinski definition) is 10. The second-order valence-electron chi connectivity index (χ2n) is 13.8. The fourth-order valence-corrected chi connectivity index (χ4v) is 10.5. The Kier molecular flexibility index (Phi) is 8.11. The van der Waals surface area contributed by atoms with Gasteiger partial charge in [-0.05, 0) is 92.4 Å². The summed E-state index contributed by atoms with van der Waals surface area (Å²) < 4.78 is 28.8. The molecule has 2 aliphatic heterocycles. The van der Waals surface area contributed by atoms with Crippen molar-refractivity contribution in [1.82, 2.24) is 0 Å². The summed E-state index contributed by atoms with van der Waals surface area (Å²) >= 11 is 0. The van der Waals surface area contributed by atoms with Crippen molar-refractivity contribution in [2.75, 3.05) is 34.0 Å². The van der Waals surface area contributed by atoms with Crippen LogP contribution in [0.15, 0.2) is 11.6 Å². The molecule has 2 heterocycles. The average molecular weight is 581 g/mol. The molecule has 10 heteroatoms. The van der Waals surface area contributed by atoms with Crippen LogP contribution >= 0.6 is 0 Å². The lowest BCUT2D eigenvalue weighted by Gasteiger charge is -2.64. The second-order valence-corrected chi connectivity index (χ2v) is 13.8. The highest BCUT2D eigenvalue weighted by atomic mass is 16.7. The molecule has 0 aromatic rings. The smallest absolute Gasteiger partial charge is 0.331 e. The van der Waals surface area contributed by atoms with Gasteiger partial charge in [-0.25, -0.2) is 4.79 Å². The minimum atomic E-state index is -1.03. The summed E-state index contributed by atoms with van der Waals surface area (Å²) in [5, 5.41) is 43.8. The largest absolute Gasteiger partial charge is 0.458 e. The number of aliphatic hydroxyl groups excluding tert-OH is 3. The van der Waals surface area contributed by atoms with Crippen molar-refractivity contribution in [3.63, 3.8) is 0 Å². The Labute approximate surface area is 242 Å². The lowest BCUT2D eigenvalue weighted by Crippen LogP contribution is -2.64. The Morgan fingerprint density at radius 2 is 1.78 bits per heavy atom. The van der Waals surface area contributed by atoms with E-state index < -0.39 is 36.3 Å². The number of carbonyl (C=O) groups is 1. The van der Waals surface area contributed by atoms with E-state index in [1.165, 1.54) is 14.2 Å². The van der Waals surface area contributed by atoms with E-state index in [-0.39, 0.29) is 59.8 Å². The van der Waals surface area contributed by atoms with E-state index in [0.29, 0.717) is 6.61 Å². The van der Waals surface area contributed by atoms with Crippen LogP contribution < -0.4 is 0 Å². The number of methoxy groups -OCH3 is 2. The van der Waals surface area contributed by atoms with Crippen molar-refractivity contribution in [3.8, 4) is 0 Å². The lowest BCUT2D eigenvalue weighted by atomic mass is 9.43. The van der Waals surface area contributed by atoms with Crippen LogP contribution in [0.5, 0.6) is 0 Å². The lowest BCUT2D eigenvalue weighted by molar-refractivity contribution is -0.324. The molecule has 6 aliphatic rings. The fraction of sp³-hybridized carbons (Fsp3) is 0.903. The predicted octanol–water partition coefficient (Wildman–Crippen LogP) is 1.71. The van der Waals surface area contributed by atoms with Gasteiger partial charge in [-0.3, -0.25) is 0 Å². The number of cyclic esters (lactones) is 1. The molecule has 232 valence electrons. The van der Waals surface area contributed by atoms with Crippen LogP contribution in [0, 0.1) is 34.5 Å². The van der Waals surface area contributed by atoms with Gasteiger partial charge < -0.3 is 44.1 Å². The molecule has 41 heavy (non-hydrogen) atoms. The molecule has 0 bridgehead atoms. The number of carbonyl (C=O) groups excluding carboxylic acids is 1. The summed E-state index contributed by atoms with van der Waals surface area (Å²) in [6.45, 7) is 2.29. The van der Waals surface area contributed by atoms with Crippen LogP contribution in [0.2, 0.25) is 0 Å². The third-order valence-corrected chi connectivity index (χ3v) is 12.6. The molecule has 6 rings (SSSR count). The summed E-state index contributed by atoms with van der Waals surface area (Å²) in [5.41, 5.74) is -0.376. The van der Waals surface area contributed by atoms with Gasteiger partial charge in [-0.1, -0.05) is 6.92 Å². The number of ether oxygens (including phenoxy) is 5. The first-order chi connectivity index (χ1) is 19.7. The van der Waals surface area contributed by atoms with Gasteiger partial charge in [0.25, 0.3) is 0 Å². The third kappa shape index (κ3) is 4.46. The Balaban J connectivity index is 1.18. The number of fused-ring (bicyclic) bond motifs is 5. The van der Waals surface area contributed by atoms with Gasteiger partial charge in [-0.2, -0.15) is 0 Å². The maximum absolute atomic E-state index is 12.5. The van der Waals surface area contributed by atoms with Crippen molar-refractivity contribution in [1.29, 1.82) is 0 Å². The fourth-order valence-electron chi connectivity index (χ4n) is 10.5. The minimum Gasteiger partial charge on any atom is -0.458 e. The Hall–Kier alpha value is -1.11. The van der Waals surface area contributed by atoms with Gasteiger partial charge >= 0.3 is 5.97 Å². The van der Waals surface area contributed by atoms with E-state index >= 15 is 0 Å². The normalized spacial score (nSPS) is 51.4. The van der Waals surface area contributed by atoms with Crippen molar-refractivity contribution in [2.45, 2.75) is 107 Å². The molecule has 0 aromatic heterocycles. The van der Waals surface area contributed by atoms with Crippen LogP contribution in [-0.4, -0.2) is 103 Å². The van der Waals surface area contributed by atoms with E-state index in [0.717, 1.165) is 63.4 Å². The number of hydrogen-bond donors (Lipinski definition) is 4. The minimum absolute atomic E-state index is 0.0976. The molecule has 0 unspecified atom stereocenters. The van der Waals surface area contributed by atoms with Crippen molar-refractivity contribution < 1.29 is 48.9 Å². The van der Waals surface area contributed by atoms with Crippen molar-refractivity contribution >= 4 is 5.97 Å². The monoisotopic (exact) mass is 580 g/mol. The zero-order valence-electron chi connectivity index (χ0n) is 24.6. The molecule has 5 fully saturated rings. The summed E-state index contributed by atoms with van der Waals surface area (Å²) in [6.07, 6.45) is 5.06. The molecule has 13 atom stereocenters. The van der Waals surface area contributed by atoms with Gasteiger partial charge in [-0.15, -0.1) is 0 Å². The zero-order valence-corrected chi connectivity index (χ0v) is 24.6. The topological polar surface area (TPSA) is 144 Å². The molecule has 4 saturated carbocycles. The summed E-state index contributed by atoms with van der Waals surface area (Å²) in [4.78, 5) is 11.8. The Morgan fingerprint density at radius 1 is 1.00 bits per heavy atom. The third-order valence-electron chi connectivity index (χ3n) is 12.6. The van der Waals surface area contributed by atoms with Gasteiger partial charge in [0.2, 0.25) is 0 Å². The molecule has 4 aliphatic carbocycles. The number of aliphatic hydroxyl groups is 4. The first kappa shape index (κ1) is 29.9. The summed E-state index contributed by atoms with van der Waals surface area (Å²) in [6, 6.07) is 0. The average Bonchev–Trinajstić information content (AvgIpc) is 3.52. The Bertz CT molecular complexity index is 1020. The Morgan fingerprint density at radius 3 is 2.44 bits per heavy atom. The molecular formula is C31H48O10. The molecule has 0 aromatic carbocycles. The highest BCUT2D eigenvalue weighted by molar-refractivity contribution is 5.85. The van der Waals surface area contributed by atoms with Gasteiger partial charge in [0, 0.05) is 32.3 Å². The summed E-state index contributed by atoms with van der Waals surface area (Å²) in [7, 11) is 3.03. The second kappa shape index (κ2) is 11.1. The molecule has 1 saturated heterocycles. The van der Waals surface area contributed by atoms with Crippen LogP contribution in [0.1, 0.15) is 64.7 Å². The maximum Gasteiger partial charge on any atom is 0.331 e. The zero-order chi connectivity index (χ0) is 29.2. The van der Waals surface area contributed by atoms with Gasteiger partial charge in [0.05, 0.1) is 18.3 Å². The highest BCUT2D eigenvalue weighted by Gasteiger charge is 2.68. The van der Waals surface area contributed by atoms with E-state index in [2.05, 4.69) is 6.92 Å². The van der Waals surface area contributed by atoms with Crippen molar-refractivity contribution in [2.24, 2.45) is 34.5 Å². The van der Waals surface area contributed by atoms with Crippen LogP contribution in [0.4, 0.5) is 0 Å². The van der Waals surface area contributed by atoms with E-state index in [4.69, 9.17) is 23.7 Å². The quantitative estimate of drug-likeness (QED) is 0.260. The van der Waals surface area contributed by atoms with E-state index in [1.54, 1.807) is 6.08 Å². The molecule has 10 nitrogen and oxygen atoms in total. The highest BCUT2D eigenvalue weighted by Crippen LogP contribution is 2.70.